The Morgan fingerprint density at radius 1 is 1.21 bits per heavy atom. The van der Waals surface area contributed by atoms with Crippen molar-refractivity contribution in [3.8, 4) is 0 Å². The molecular weight excluding hydrogens is 362 g/mol. The monoisotopic (exact) mass is 393 g/mol. The highest BCUT2D eigenvalue weighted by molar-refractivity contribution is 6.08. The summed E-state index contributed by atoms with van der Waals surface area (Å²) in [5, 5.41) is 2.84. The number of hydrogen-bond acceptors (Lipinski definition) is 5. The van der Waals surface area contributed by atoms with Crippen LogP contribution in [0.15, 0.2) is 0 Å². The van der Waals surface area contributed by atoms with Crippen molar-refractivity contribution >= 4 is 23.8 Å². The van der Waals surface area contributed by atoms with Crippen LogP contribution in [0.2, 0.25) is 0 Å². The van der Waals surface area contributed by atoms with Gasteiger partial charge in [0.25, 0.3) is 11.8 Å². The predicted octanol–water partition coefficient (Wildman–Crippen LogP) is 1.68. The van der Waals surface area contributed by atoms with E-state index in [4.69, 9.17) is 4.74 Å². The molecule has 8 nitrogen and oxygen atoms in total. The summed E-state index contributed by atoms with van der Waals surface area (Å²) in [5.41, 5.74) is -1.02. The lowest BCUT2D eigenvalue weighted by Crippen LogP contribution is -2.54. The van der Waals surface area contributed by atoms with E-state index in [2.05, 4.69) is 26.1 Å². The molecule has 0 aromatic heterocycles. The van der Waals surface area contributed by atoms with Crippen molar-refractivity contribution in [2.24, 2.45) is 11.3 Å². The fourth-order valence-corrected chi connectivity index (χ4v) is 5.26. The number of ether oxygens (including phenoxy) is 1. The second-order valence-electron chi connectivity index (χ2n) is 9.42. The number of esters is 1. The third-order valence-corrected chi connectivity index (χ3v) is 5.99. The molecule has 1 aliphatic carbocycles. The lowest BCUT2D eigenvalue weighted by molar-refractivity contribution is -0.160. The number of carbonyl (C=O) groups excluding carboxylic acids is 4. The molecule has 8 heteroatoms. The van der Waals surface area contributed by atoms with Crippen molar-refractivity contribution in [1.29, 1.82) is 0 Å². The maximum atomic E-state index is 13.1. The van der Waals surface area contributed by atoms with Gasteiger partial charge in [0, 0.05) is 13.1 Å². The highest BCUT2D eigenvalue weighted by atomic mass is 16.5. The average Bonchev–Trinajstić information content (AvgIpc) is 3.16. The van der Waals surface area contributed by atoms with Crippen molar-refractivity contribution in [2.75, 3.05) is 19.6 Å². The molecule has 1 saturated carbocycles. The first-order valence-corrected chi connectivity index (χ1v) is 10.2. The van der Waals surface area contributed by atoms with Crippen LogP contribution in [0.5, 0.6) is 0 Å². The van der Waals surface area contributed by atoms with Crippen molar-refractivity contribution < 1.29 is 23.9 Å². The van der Waals surface area contributed by atoms with Crippen molar-refractivity contribution in [2.45, 2.75) is 71.4 Å². The molecule has 0 aromatic carbocycles. The van der Waals surface area contributed by atoms with Gasteiger partial charge in [-0.1, -0.05) is 20.8 Å². The highest BCUT2D eigenvalue weighted by Crippen LogP contribution is 2.46. The second-order valence-corrected chi connectivity index (χ2v) is 9.42. The molecule has 3 aliphatic rings. The fraction of sp³-hybridized carbons (Fsp3) is 0.800. The number of imide groups is 1. The summed E-state index contributed by atoms with van der Waals surface area (Å²) < 4.78 is 5.22. The smallest absolute Gasteiger partial charge is 0.327 e. The molecule has 0 bridgehead atoms. The van der Waals surface area contributed by atoms with Gasteiger partial charge in [0.1, 0.15) is 12.1 Å². The molecule has 28 heavy (non-hydrogen) atoms. The second kappa shape index (κ2) is 7.37. The minimum Gasteiger partial charge on any atom is -0.451 e. The average molecular weight is 393 g/mol. The summed E-state index contributed by atoms with van der Waals surface area (Å²) in [6.07, 6.45) is 3.07. The van der Waals surface area contributed by atoms with Crippen LogP contribution >= 0.6 is 0 Å². The van der Waals surface area contributed by atoms with E-state index in [1.54, 1.807) is 4.90 Å². The van der Waals surface area contributed by atoms with Gasteiger partial charge in [-0.25, -0.2) is 4.79 Å². The Bertz CT molecular complexity index is 685. The Hall–Kier alpha value is -2.12. The summed E-state index contributed by atoms with van der Waals surface area (Å²) >= 11 is 0. The highest BCUT2D eigenvalue weighted by Gasteiger charge is 2.56. The van der Waals surface area contributed by atoms with Crippen LogP contribution in [0.3, 0.4) is 0 Å². The van der Waals surface area contributed by atoms with E-state index in [0.717, 1.165) is 24.2 Å². The predicted molar refractivity (Wildman–Crippen MR) is 101 cm³/mol. The number of likely N-dealkylation sites (tertiary alicyclic amines) is 1. The van der Waals surface area contributed by atoms with E-state index in [9.17, 15) is 19.2 Å². The molecule has 3 rings (SSSR count). The third-order valence-electron chi connectivity index (χ3n) is 5.99. The van der Waals surface area contributed by atoms with Crippen LogP contribution in [-0.4, -0.2) is 64.9 Å². The van der Waals surface area contributed by atoms with Crippen molar-refractivity contribution in [1.82, 2.24) is 15.1 Å². The molecule has 1 spiro atoms. The topological polar surface area (TPSA) is 96.0 Å². The summed E-state index contributed by atoms with van der Waals surface area (Å²) in [6.45, 7) is 8.65. The molecule has 2 aliphatic heterocycles. The van der Waals surface area contributed by atoms with Gasteiger partial charge in [-0.2, -0.15) is 0 Å². The van der Waals surface area contributed by atoms with Gasteiger partial charge in [0.2, 0.25) is 0 Å². The molecule has 3 fully saturated rings. The molecule has 2 saturated heterocycles. The summed E-state index contributed by atoms with van der Waals surface area (Å²) in [7, 11) is 0. The van der Waals surface area contributed by atoms with Crippen LogP contribution < -0.4 is 5.32 Å². The maximum absolute atomic E-state index is 13.1. The molecular formula is C20H31N3O5. The van der Waals surface area contributed by atoms with Gasteiger partial charge >= 0.3 is 12.0 Å². The quantitative estimate of drug-likeness (QED) is 0.579. The number of hydrogen-bond donors (Lipinski definition) is 1. The molecule has 156 valence electrons. The van der Waals surface area contributed by atoms with Gasteiger partial charge in [0.05, 0.1) is 0 Å². The zero-order valence-corrected chi connectivity index (χ0v) is 17.2. The molecule has 0 aromatic rings. The molecule has 2 heterocycles. The Kier molecular flexibility index (Phi) is 5.42. The SMILES string of the molecule is C[C@H]1CC(C)(C)C[C@@]2(C1)NC(=O)N(CC(=O)O[C@@H](C)C(=O)N1CCCC1)C2=O. The molecule has 0 unspecified atom stereocenters. The first kappa shape index (κ1) is 20.6. The fourth-order valence-electron chi connectivity index (χ4n) is 5.26. The van der Waals surface area contributed by atoms with Gasteiger partial charge in [-0.3, -0.25) is 19.3 Å². The lowest BCUT2D eigenvalue weighted by atomic mass is 9.64. The molecule has 0 radical (unpaired) electrons. The van der Waals surface area contributed by atoms with Crippen LogP contribution in [0, 0.1) is 11.3 Å². The Balaban J connectivity index is 1.62. The van der Waals surface area contributed by atoms with E-state index in [0.29, 0.717) is 25.9 Å². The van der Waals surface area contributed by atoms with Gasteiger partial charge < -0.3 is 15.0 Å². The summed E-state index contributed by atoms with van der Waals surface area (Å²) in [5.74, 6) is -1.06. The zero-order chi connectivity index (χ0) is 20.7. The molecule has 3 atom stereocenters. The minimum absolute atomic E-state index is 0.0756. The number of amides is 4. The van der Waals surface area contributed by atoms with E-state index >= 15 is 0 Å². The standard InChI is InChI=1S/C20H31N3O5/c1-13-9-19(3,4)12-20(10-13)17(26)23(18(27)21-20)11-15(24)28-14(2)16(25)22-7-5-6-8-22/h13-14H,5-12H2,1-4H3,(H,21,27)/t13-,14-,20+/m0/s1. The van der Waals surface area contributed by atoms with E-state index in [-0.39, 0.29) is 23.1 Å². The minimum atomic E-state index is -0.949. The number of urea groups is 1. The Morgan fingerprint density at radius 3 is 2.46 bits per heavy atom. The van der Waals surface area contributed by atoms with Gasteiger partial charge in [-0.05, 0) is 50.4 Å². The Labute approximate surface area is 165 Å². The largest absolute Gasteiger partial charge is 0.451 e. The van der Waals surface area contributed by atoms with E-state index < -0.39 is 30.2 Å². The maximum Gasteiger partial charge on any atom is 0.327 e. The third kappa shape index (κ3) is 4.00. The lowest BCUT2D eigenvalue weighted by Gasteiger charge is -2.43. The van der Waals surface area contributed by atoms with Crippen LogP contribution in [0.1, 0.15) is 59.8 Å². The first-order chi connectivity index (χ1) is 13.0. The molecule has 1 N–H and O–H groups in total. The van der Waals surface area contributed by atoms with Gasteiger partial charge in [-0.15, -0.1) is 0 Å². The first-order valence-electron chi connectivity index (χ1n) is 10.2. The van der Waals surface area contributed by atoms with E-state index in [1.165, 1.54) is 6.92 Å². The van der Waals surface area contributed by atoms with Crippen molar-refractivity contribution in [3.05, 3.63) is 0 Å². The van der Waals surface area contributed by atoms with Crippen LogP contribution in [0.4, 0.5) is 4.79 Å². The van der Waals surface area contributed by atoms with Crippen LogP contribution in [-0.2, 0) is 19.1 Å². The van der Waals surface area contributed by atoms with E-state index in [1.807, 2.05) is 0 Å². The summed E-state index contributed by atoms with van der Waals surface area (Å²) in [4.78, 5) is 52.7. The normalized spacial score (nSPS) is 30.5. The number of nitrogens with zero attached hydrogens (tertiary/aromatic N) is 2. The van der Waals surface area contributed by atoms with Crippen LogP contribution in [0.25, 0.3) is 0 Å². The number of nitrogens with one attached hydrogen (secondary N) is 1. The van der Waals surface area contributed by atoms with Crippen molar-refractivity contribution in [3.63, 3.8) is 0 Å². The molecule has 4 amide bonds. The Morgan fingerprint density at radius 2 is 1.86 bits per heavy atom. The van der Waals surface area contributed by atoms with Gasteiger partial charge in [0.15, 0.2) is 6.10 Å². The summed E-state index contributed by atoms with van der Waals surface area (Å²) in [6, 6.07) is -0.564. The number of carbonyl (C=O) groups is 4. The zero-order valence-electron chi connectivity index (χ0n) is 17.2. The number of rotatable bonds is 4.